The van der Waals surface area contributed by atoms with Gasteiger partial charge < -0.3 is 14.4 Å². The van der Waals surface area contributed by atoms with Crippen LogP contribution in [-0.4, -0.2) is 70.4 Å². The minimum atomic E-state index is -3.45. The van der Waals surface area contributed by atoms with Crippen molar-refractivity contribution >= 4 is 54.8 Å². The Labute approximate surface area is 197 Å². The van der Waals surface area contributed by atoms with E-state index in [9.17, 15) is 13.2 Å². The predicted molar refractivity (Wildman–Crippen MR) is 127 cm³/mol. The van der Waals surface area contributed by atoms with Crippen LogP contribution in [0.5, 0.6) is 11.5 Å². The molecular formula is C21H24ClN3O5S2. The number of likely N-dealkylation sites (N-methyl/N-ethyl adjacent to an activating group) is 1. The number of benzene rings is 2. The number of anilines is 1. The second-order valence-electron chi connectivity index (χ2n) is 7.53. The van der Waals surface area contributed by atoms with E-state index in [-0.39, 0.29) is 29.8 Å². The van der Waals surface area contributed by atoms with Gasteiger partial charge in [-0.25, -0.2) is 13.4 Å². The maximum absolute atomic E-state index is 13.4. The van der Waals surface area contributed by atoms with Gasteiger partial charge >= 0.3 is 0 Å². The molecule has 1 atom stereocenters. The zero-order valence-electron chi connectivity index (χ0n) is 17.8. The molecule has 1 aliphatic heterocycles. The minimum Gasteiger partial charge on any atom is -0.485 e. The quantitative estimate of drug-likeness (QED) is 0.517. The summed E-state index contributed by atoms with van der Waals surface area (Å²) in [6, 6.07) is 12.2. The third-order valence-electron chi connectivity index (χ3n) is 4.82. The molecule has 1 amide bonds. The van der Waals surface area contributed by atoms with Crippen LogP contribution in [0.3, 0.4) is 0 Å². The Morgan fingerprint density at radius 2 is 1.84 bits per heavy atom. The molecule has 0 spiro atoms. The molecule has 2 aromatic carbocycles. The first-order valence-corrected chi connectivity index (χ1v) is 12.4. The monoisotopic (exact) mass is 497 g/mol. The zero-order valence-corrected chi connectivity index (χ0v) is 20.3. The van der Waals surface area contributed by atoms with Crippen molar-refractivity contribution in [3.63, 3.8) is 0 Å². The summed E-state index contributed by atoms with van der Waals surface area (Å²) in [5, 5.41) is 0.431. The van der Waals surface area contributed by atoms with Gasteiger partial charge in [0.1, 0.15) is 12.1 Å². The van der Waals surface area contributed by atoms with Crippen LogP contribution in [-0.2, 0) is 14.6 Å². The Kier molecular flexibility index (Phi) is 7.29. The van der Waals surface area contributed by atoms with Crippen LogP contribution >= 0.6 is 23.7 Å². The van der Waals surface area contributed by atoms with E-state index in [1.807, 2.05) is 31.1 Å². The topological polar surface area (TPSA) is 89.0 Å². The lowest BCUT2D eigenvalue weighted by Gasteiger charge is -2.30. The van der Waals surface area contributed by atoms with E-state index < -0.39 is 15.9 Å². The molecule has 11 heteroatoms. The molecule has 32 heavy (non-hydrogen) atoms. The van der Waals surface area contributed by atoms with Gasteiger partial charge in [0.15, 0.2) is 26.5 Å². The number of carbonyl (C=O) groups excluding carboxylic acids is 1. The van der Waals surface area contributed by atoms with E-state index in [0.29, 0.717) is 39.9 Å². The van der Waals surface area contributed by atoms with Gasteiger partial charge in [0.2, 0.25) is 6.10 Å². The normalized spacial score (nSPS) is 15.4. The standard InChI is InChI=1S/C21H23N3O5S2.ClH/c1-23(2)11-12-24(20(25)16-13-28-14-7-4-5-8-15(14)29-16)21-22-19-17(30-21)9-6-10-18(19)31(3,26)27;/h4-10,16H,11-13H2,1-3H3;1H. The van der Waals surface area contributed by atoms with Crippen LogP contribution in [0.15, 0.2) is 47.4 Å². The minimum absolute atomic E-state index is 0. The van der Waals surface area contributed by atoms with Crippen molar-refractivity contribution in [2.24, 2.45) is 0 Å². The van der Waals surface area contributed by atoms with Gasteiger partial charge in [-0.05, 0) is 38.4 Å². The van der Waals surface area contributed by atoms with Crippen LogP contribution in [0.2, 0.25) is 0 Å². The summed E-state index contributed by atoms with van der Waals surface area (Å²) in [4.78, 5) is 21.6. The number of para-hydroxylation sites is 3. The van der Waals surface area contributed by atoms with Crippen molar-refractivity contribution in [2.75, 3.05) is 44.9 Å². The summed E-state index contributed by atoms with van der Waals surface area (Å²) in [5.41, 5.74) is 0.374. The summed E-state index contributed by atoms with van der Waals surface area (Å²) < 4.78 is 36.7. The smallest absolute Gasteiger partial charge is 0.273 e. The molecule has 1 unspecified atom stereocenters. The molecular weight excluding hydrogens is 474 g/mol. The van der Waals surface area contributed by atoms with E-state index in [1.54, 1.807) is 29.2 Å². The molecule has 0 bridgehead atoms. The van der Waals surface area contributed by atoms with Gasteiger partial charge in [0.05, 0.1) is 9.60 Å². The number of aromatic nitrogens is 1. The molecule has 0 saturated heterocycles. The first-order chi connectivity index (χ1) is 14.7. The lowest BCUT2D eigenvalue weighted by molar-refractivity contribution is -0.127. The van der Waals surface area contributed by atoms with Crippen molar-refractivity contribution in [1.82, 2.24) is 9.88 Å². The number of carbonyl (C=O) groups is 1. The molecule has 0 fully saturated rings. The van der Waals surface area contributed by atoms with Gasteiger partial charge in [-0.15, -0.1) is 12.4 Å². The van der Waals surface area contributed by atoms with Gasteiger partial charge in [-0.1, -0.05) is 29.5 Å². The lowest BCUT2D eigenvalue weighted by atomic mass is 10.2. The Bertz CT molecular complexity index is 1230. The number of amides is 1. The fourth-order valence-corrected chi connectivity index (χ4v) is 5.16. The first-order valence-electron chi connectivity index (χ1n) is 9.68. The van der Waals surface area contributed by atoms with Crippen LogP contribution in [0, 0.1) is 0 Å². The number of fused-ring (bicyclic) bond motifs is 2. The second-order valence-corrected chi connectivity index (χ2v) is 10.5. The molecule has 0 radical (unpaired) electrons. The molecule has 2 heterocycles. The van der Waals surface area contributed by atoms with E-state index in [2.05, 4.69) is 4.98 Å². The molecule has 0 saturated carbocycles. The average molecular weight is 498 g/mol. The van der Waals surface area contributed by atoms with E-state index in [4.69, 9.17) is 9.47 Å². The van der Waals surface area contributed by atoms with Crippen LogP contribution in [0.25, 0.3) is 10.2 Å². The van der Waals surface area contributed by atoms with Gasteiger partial charge in [0.25, 0.3) is 5.91 Å². The average Bonchev–Trinajstić information content (AvgIpc) is 3.16. The largest absolute Gasteiger partial charge is 0.485 e. The Balaban J connectivity index is 0.00000289. The Morgan fingerprint density at radius 3 is 2.53 bits per heavy atom. The molecule has 3 aromatic rings. The summed E-state index contributed by atoms with van der Waals surface area (Å²) in [6.07, 6.45) is 0.332. The SMILES string of the molecule is CN(C)CCN(C(=O)C1COc2ccccc2O1)c1nc2c(S(C)(=O)=O)cccc2s1.Cl. The number of halogens is 1. The second kappa shape index (κ2) is 9.62. The van der Waals surface area contributed by atoms with Crippen LogP contribution < -0.4 is 14.4 Å². The molecule has 8 nitrogen and oxygen atoms in total. The fourth-order valence-electron chi connectivity index (χ4n) is 3.24. The van der Waals surface area contributed by atoms with Crippen molar-refractivity contribution < 1.29 is 22.7 Å². The Morgan fingerprint density at radius 1 is 1.12 bits per heavy atom. The highest BCUT2D eigenvalue weighted by molar-refractivity contribution is 7.91. The molecule has 0 N–H and O–H groups in total. The summed E-state index contributed by atoms with van der Waals surface area (Å²) in [6.45, 7) is 1.07. The molecule has 1 aromatic heterocycles. The van der Waals surface area contributed by atoms with Crippen LogP contribution in [0.1, 0.15) is 0 Å². The van der Waals surface area contributed by atoms with E-state index in [0.717, 1.165) is 6.26 Å². The molecule has 0 aliphatic carbocycles. The highest BCUT2D eigenvalue weighted by Gasteiger charge is 2.33. The third-order valence-corrected chi connectivity index (χ3v) is 6.99. The van der Waals surface area contributed by atoms with Gasteiger partial charge in [-0.3, -0.25) is 9.69 Å². The number of ether oxygens (including phenoxy) is 2. The number of sulfone groups is 1. The van der Waals surface area contributed by atoms with Crippen molar-refractivity contribution in [3.8, 4) is 11.5 Å². The van der Waals surface area contributed by atoms with Crippen LogP contribution in [0.4, 0.5) is 5.13 Å². The highest BCUT2D eigenvalue weighted by atomic mass is 35.5. The maximum atomic E-state index is 13.4. The van der Waals surface area contributed by atoms with E-state index in [1.165, 1.54) is 17.4 Å². The maximum Gasteiger partial charge on any atom is 0.273 e. The van der Waals surface area contributed by atoms with Crippen molar-refractivity contribution in [3.05, 3.63) is 42.5 Å². The summed E-state index contributed by atoms with van der Waals surface area (Å²) in [7, 11) is 0.378. The predicted octanol–water partition coefficient (Wildman–Crippen LogP) is 2.86. The molecule has 172 valence electrons. The third kappa shape index (κ3) is 4.98. The molecule has 4 rings (SSSR count). The Hall–Kier alpha value is -2.40. The van der Waals surface area contributed by atoms with Crippen molar-refractivity contribution in [2.45, 2.75) is 11.0 Å². The number of hydrogen-bond acceptors (Lipinski definition) is 8. The number of thiazole rings is 1. The van der Waals surface area contributed by atoms with E-state index >= 15 is 0 Å². The highest BCUT2D eigenvalue weighted by Crippen LogP contribution is 2.35. The lowest BCUT2D eigenvalue weighted by Crippen LogP contribution is -2.48. The van der Waals surface area contributed by atoms with Gasteiger partial charge in [-0.2, -0.15) is 0 Å². The number of rotatable bonds is 6. The van der Waals surface area contributed by atoms with Crippen molar-refractivity contribution in [1.29, 1.82) is 0 Å². The zero-order chi connectivity index (χ0) is 22.2. The molecule has 1 aliphatic rings. The number of hydrogen-bond donors (Lipinski definition) is 0. The first kappa shape index (κ1) is 24.2. The summed E-state index contributed by atoms with van der Waals surface area (Å²) >= 11 is 1.28. The summed E-state index contributed by atoms with van der Waals surface area (Å²) in [5.74, 6) is 0.837. The van der Waals surface area contributed by atoms with Gasteiger partial charge in [0, 0.05) is 19.3 Å². The fraction of sp³-hybridized carbons (Fsp3) is 0.333. The number of nitrogens with zero attached hydrogens (tertiary/aromatic N) is 3.